The van der Waals surface area contributed by atoms with Gasteiger partial charge in [0.15, 0.2) is 0 Å². The molecular weight excluding hydrogens is 354 g/mol. The normalized spacial score (nSPS) is 10.3. The lowest BCUT2D eigenvalue weighted by Gasteiger charge is -2.21. The van der Waals surface area contributed by atoms with E-state index in [0.717, 1.165) is 10.5 Å². The van der Waals surface area contributed by atoms with Gasteiger partial charge in [0.1, 0.15) is 18.0 Å². The summed E-state index contributed by atoms with van der Waals surface area (Å²) in [6.45, 7) is -0.272. The van der Waals surface area contributed by atoms with Crippen LogP contribution in [0.3, 0.4) is 0 Å². The molecule has 0 spiro atoms. The number of benzene rings is 2. The van der Waals surface area contributed by atoms with Gasteiger partial charge in [0.05, 0.1) is 14.2 Å². The number of rotatable bonds is 8. The number of nitrogens with zero attached hydrogens (tertiary/aromatic N) is 1. The predicted octanol–water partition coefficient (Wildman–Crippen LogP) is 3.15. The molecule has 0 unspecified atom stereocenters. The predicted molar refractivity (Wildman–Crippen MR) is 100 cm³/mol. The lowest BCUT2D eigenvalue weighted by atomic mass is 10.1. The summed E-state index contributed by atoms with van der Waals surface area (Å²) in [6.07, 6.45) is 1.95. The molecule has 138 valence electrons. The molecule has 0 saturated heterocycles. The van der Waals surface area contributed by atoms with E-state index in [0.29, 0.717) is 17.1 Å². The molecule has 0 atom stereocenters. The molecule has 2 rings (SSSR count). The van der Waals surface area contributed by atoms with Crippen molar-refractivity contribution in [1.82, 2.24) is 4.90 Å². The molecule has 1 amide bonds. The van der Waals surface area contributed by atoms with E-state index in [9.17, 15) is 14.7 Å². The topological polar surface area (TPSA) is 76.1 Å². The summed E-state index contributed by atoms with van der Waals surface area (Å²) in [7, 11) is 3.07. The summed E-state index contributed by atoms with van der Waals surface area (Å²) in [6, 6.07) is 12.3. The zero-order valence-electron chi connectivity index (χ0n) is 14.9. The molecule has 1 N–H and O–H groups in total. The van der Waals surface area contributed by atoms with E-state index in [1.165, 1.54) is 19.1 Å². The van der Waals surface area contributed by atoms with Gasteiger partial charge in [-0.25, -0.2) is 0 Å². The van der Waals surface area contributed by atoms with Crippen molar-refractivity contribution in [1.29, 1.82) is 0 Å². The van der Waals surface area contributed by atoms with Crippen LogP contribution in [0.4, 0.5) is 0 Å². The monoisotopic (exact) mass is 375 g/mol. The maximum atomic E-state index is 12.8. The van der Waals surface area contributed by atoms with Crippen LogP contribution in [-0.4, -0.2) is 48.9 Å². The van der Waals surface area contributed by atoms with Gasteiger partial charge in [0.25, 0.3) is 5.91 Å². The average Bonchev–Trinajstić information content (AvgIpc) is 2.66. The zero-order chi connectivity index (χ0) is 19.1. The van der Waals surface area contributed by atoms with Crippen molar-refractivity contribution in [3.63, 3.8) is 0 Å². The minimum Gasteiger partial charge on any atom is -0.497 e. The summed E-state index contributed by atoms with van der Waals surface area (Å²) in [4.78, 5) is 26.3. The van der Waals surface area contributed by atoms with Crippen LogP contribution in [0.25, 0.3) is 0 Å². The molecule has 0 fully saturated rings. The first-order chi connectivity index (χ1) is 12.5. The van der Waals surface area contributed by atoms with E-state index in [2.05, 4.69) is 0 Å². The molecule has 7 heteroatoms. The molecule has 0 aliphatic carbocycles. The highest BCUT2D eigenvalue weighted by Crippen LogP contribution is 2.24. The molecule has 0 aliphatic heterocycles. The van der Waals surface area contributed by atoms with Crippen molar-refractivity contribution >= 4 is 23.6 Å². The Kier molecular flexibility index (Phi) is 6.91. The summed E-state index contributed by atoms with van der Waals surface area (Å²) in [5.74, 6) is -0.270. The Bertz CT molecular complexity index is 754. The molecular formula is C19H21NO5S. The number of carboxylic acids is 1. The van der Waals surface area contributed by atoms with Crippen molar-refractivity contribution < 1.29 is 24.2 Å². The van der Waals surface area contributed by atoms with Gasteiger partial charge >= 0.3 is 5.97 Å². The highest BCUT2D eigenvalue weighted by molar-refractivity contribution is 7.98. The Balaban J connectivity index is 2.29. The first kappa shape index (κ1) is 19.7. The van der Waals surface area contributed by atoms with Gasteiger partial charge in [-0.05, 0) is 48.2 Å². The lowest BCUT2D eigenvalue weighted by molar-refractivity contribution is -0.137. The van der Waals surface area contributed by atoms with Gasteiger partial charge in [-0.1, -0.05) is 0 Å². The smallest absolute Gasteiger partial charge is 0.323 e. The fourth-order valence-corrected chi connectivity index (χ4v) is 2.87. The molecule has 2 aromatic carbocycles. The van der Waals surface area contributed by atoms with Gasteiger partial charge in [0.2, 0.25) is 0 Å². The van der Waals surface area contributed by atoms with Crippen molar-refractivity contribution in [2.75, 3.05) is 27.0 Å². The Labute approximate surface area is 156 Å². The van der Waals surface area contributed by atoms with Crippen LogP contribution >= 0.6 is 11.8 Å². The number of hydrogen-bond donors (Lipinski definition) is 1. The minimum absolute atomic E-state index is 0.128. The zero-order valence-corrected chi connectivity index (χ0v) is 15.7. The third-order valence-corrected chi connectivity index (χ3v) is 4.48. The number of carbonyl (C=O) groups is 2. The third kappa shape index (κ3) is 5.16. The number of thioether (sulfide) groups is 1. The van der Waals surface area contributed by atoms with Gasteiger partial charge in [-0.15, -0.1) is 11.8 Å². The number of carbonyl (C=O) groups excluding carboxylic acids is 1. The number of hydrogen-bond acceptors (Lipinski definition) is 5. The van der Waals surface area contributed by atoms with Gasteiger partial charge < -0.3 is 19.5 Å². The molecule has 0 aliphatic rings. The second-order valence-corrected chi connectivity index (χ2v) is 6.38. The van der Waals surface area contributed by atoms with Crippen LogP contribution in [0.1, 0.15) is 15.9 Å². The van der Waals surface area contributed by atoms with E-state index < -0.39 is 12.5 Å². The number of carboxylic acid groups (broad SMARTS) is 1. The second kappa shape index (κ2) is 9.15. The molecule has 0 radical (unpaired) electrons. The Morgan fingerprint density at radius 1 is 1.04 bits per heavy atom. The lowest BCUT2D eigenvalue weighted by Crippen LogP contribution is -2.35. The summed E-state index contributed by atoms with van der Waals surface area (Å²) in [5, 5.41) is 9.19. The quantitative estimate of drug-likeness (QED) is 0.715. The molecule has 0 heterocycles. The first-order valence-electron chi connectivity index (χ1n) is 7.84. The van der Waals surface area contributed by atoms with E-state index in [1.807, 2.05) is 18.4 Å². The van der Waals surface area contributed by atoms with Crippen molar-refractivity contribution in [3.8, 4) is 11.5 Å². The molecule has 6 nitrogen and oxygen atoms in total. The fourth-order valence-electron chi connectivity index (χ4n) is 2.46. The molecule has 0 aromatic heterocycles. The first-order valence-corrected chi connectivity index (χ1v) is 9.06. The molecule has 0 bridgehead atoms. The van der Waals surface area contributed by atoms with Crippen LogP contribution in [0.5, 0.6) is 11.5 Å². The largest absolute Gasteiger partial charge is 0.497 e. The van der Waals surface area contributed by atoms with E-state index in [1.54, 1.807) is 42.1 Å². The maximum absolute atomic E-state index is 12.8. The molecule has 0 saturated carbocycles. The van der Waals surface area contributed by atoms with E-state index in [-0.39, 0.29) is 12.5 Å². The summed E-state index contributed by atoms with van der Waals surface area (Å²) in [5.41, 5.74) is 1.16. The fraction of sp³-hybridized carbons (Fsp3) is 0.263. The number of ether oxygens (including phenoxy) is 2. The van der Waals surface area contributed by atoms with E-state index >= 15 is 0 Å². The summed E-state index contributed by atoms with van der Waals surface area (Å²) >= 11 is 1.57. The van der Waals surface area contributed by atoms with Crippen molar-refractivity contribution in [2.24, 2.45) is 0 Å². The average molecular weight is 375 g/mol. The molecule has 26 heavy (non-hydrogen) atoms. The maximum Gasteiger partial charge on any atom is 0.323 e. The van der Waals surface area contributed by atoms with E-state index in [4.69, 9.17) is 9.47 Å². The third-order valence-electron chi connectivity index (χ3n) is 3.73. The van der Waals surface area contributed by atoms with Crippen LogP contribution < -0.4 is 9.47 Å². The minimum atomic E-state index is -1.08. The second-order valence-electron chi connectivity index (χ2n) is 5.50. The van der Waals surface area contributed by atoms with Crippen LogP contribution in [0, 0.1) is 0 Å². The van der Waals surface area contributed by atoms with Crippen molar-refractivity contribution in [3.05, 3.63) is 53.6 Å². The Morgan fingerprint density at radius 2 is 1.62 bits per heavy atom. The van der Waals surface area contributed by atoms with Crippen LogP contribution in [0.2, 0.25) is 0 Å². The Hall–Kier alpha value is -2.67. The summed E-state index contributed by atoms with van der Waals surface area (Å²) < 4.78 is 10.5. The van der Waals surface area contributed by atoms with Gasteiger partial charge in [-0.2, -0.15) is 0 Å². The van der Waals surface area contributed by atoms with Gasteiger partial charge in [0, 0.05) is 23.1 Å². The van der Waals surface area contributed by atoms with Crippen LogP contribution in [0.15, 0.2) is 47.4 Å². The van der Waals surface area contributed by atoms with Crippen LogP contribution in [-0.2, 0) is 11.3 Å². The highest BCUT2D eigenvalue weighted by atomic mass is 32.2. The number of methoxy groups -OCH3 is 2. The van der Waals surface area contributed by atoms with Crippen molar-refractivity contribution in [2.45, 2.75) is 11.4 Å². The number of aliphatic carboxylic acids is 1. The molecule has 2 aromatic rings. The number of amides is 1. The Morgan fingerprint density at radius 3 is 2.08 bits per heavy atom. The SMILES string of the molecule is COc1cc(CN(CC(=O)O)C(=O)c2ccc(SC)cc2)cc(OC)c1. The standard InChI is InChI=1S/C19H21NO5S/c1-24-15-8-13(9-16(10-15)25-2)11-20(12-18(21)22)19(23)14-4-6-17(26-3)7-5-14/h4-10H,11-12H2,1-3H3,(H,21,22). The highest BCUT2D eigenvalue weighted by Gasteiger charge is 2.19. The van der Waals surface area contributed by atoms with Gasteiger partial charge in [-0.3, -0.25) is 9.59 Å².